The molecule has 7 fully saturated rings. The molecular formula is C71H142N14O7. The molecule has 14 amide bonds. The van der Waals surface area contributed by atoms with Crippen LogP contribution in [0.1, 0.15) is 249 Å². The van der Waals surface area contributed by atoms with Crippen molar-refractivity contribution in [3.8, 4) is 0 Å². The van der Waals surface area contributed by atoms with Crippen LogP contribution in [-0.4, -0.2) is 283 Å². The molecule has 7 aliphatic heterocycles. The van der Waals surface area contributed by atoms with Crippen molar-refractivity contribution in [2.75, 3.05) is 52.4 Å². The quantitative estimate of drug-likeness (QED) is 0.167. The number of rotatable bonds is 14. The first-order valence-electron chi connectivity index (χ1n) is 35.5. The molecule has 7 heterocycles. The van der Waals surface area contributed by atoms with Gasteiger partial charge in [-0.2, -0.15) is 0 Å². The van der Waals surface area contributed by atoms with Crippen LogP contribution in [0.15, 0.2) is 0 Å². The van der Waals surface area contributed by atoms with E-state index in [0.29, 0.717) is 96.7 Å². The highest BCUT2D eigenvalue weighted by Crippen LogP contribution is 2.32. The molecule has 21 heteroatoms. The number of carbonyl (C=O) groups is 7. The molecule has 0 aliphatic carbocycles. The molecule has 7 rings (SSSR count). The molecule has 0 aromatic heterocycles. The van der Waals surface area contributed by atoms with Crippen LogP contribution in [0.5, 0.6) is 0 Å². The minimum absolute atomic E-state index is 0.0322. The first kappa shape index (κ1) is 84.9. The Labute approximate surface area is 563 Å². The van der Waals surface area contributed by atoms with Crippen molar-refractivity contribution in [2.24, 2.45) is 0 Å². The third-order valence-electron chi connectivity index (χ3n) is 18.3. The molecular weight excluding hydrogens is 1160 g/mol. The second kappa shape index (κ2) is 35.6. The molecule has 538 valence electrons. The molecule has 92 heavy (non-hydrogen) atoms. The Morgan fingerprint density at radius 1 is 0.239 bits per heavy atom. The molecule has 0 radical (unpaired) electrons. The molecule has 0 saturated carbocycles. The zero-order valence-corrected chi connectivity index (χ0v) is 65.7. The fraction of sp³-hybridized carbons (Fsp3) is 0.901. The molecule has 0 unspecified atom stereocenters. The van der Waals surface area contributed by atoms with E-state index in [0.717, 1.165) is 52.4 Å². The van der Waals surface area contributed by atoms with E-state index < -0.39 is 0 Å². The first-order chi connectivity index (χ1) is 41.9. The molecule has 7 aliphatic rings. The average Bonchev–Trinajstić information content (AvgIpc) is 1.66. The zero-order chi connectivity index (χ0) is 72.2. The highest BCUT2D eigenvalue weighted by atomic mass is 16.2. The predicted molar refractivity (Wildman–Crippen MR) is 380 cm³/mol. The monoisotopic (exact) mass is 1300 g/mol. The van der Waals surface area contributed by atoms with Gasteiger partial charge in [-0.15, -0.1) is 0 Å². The van der Waals surface area contributed by atoms with Gasteiger partial charge in [0.2, 0.25) is 0 Å². The number of urea groups is 7. The predicted octanol–water partition coefficient (Wildman–Crippen LogP) is 13.9. The maximum Gasteiger partial charge on any atom is 0.321 e. The van der Waals surface area contributed by atoms with E-state index in [-0.39, 0.29) is 65.4 Å². The minimum Gasteiger partial charge on any atom is -0.320 e. The van der Waals surface area contributed by atoms with Gasteiger partial charge in [0.05, 0.1) is 11.1 Å². The topological polar surface area (TPSA) is 165 Å². The van der Waals surface area contributed by atoms with Crippen LogP contribution in [0.25, 0.3) is 0 Å². The Hall–Kier alpha value is -5.11. The van der Waals surface area contributed by atoms with Crippen LogP contribution in [0.4, 0.5) is 33.6 Å². The van der Waals surface area contributed by atoms with E-state index in [1.54, 1.807) is 0 Å². The van der Waals surface area contributed by atoms with Crippen molar-refractivity contribution in [2.45, 2.75) is 369 Å². The van der Waals surface area contributed by atoms with Gasteiger partial charge in [-0.1, -0.05) is 0 Å². The van der Waals surface area contributed by atoms with Gasteiger partial charge >= 0.3 is 42.2 Å². The Bertz CT molecular complexity index is 2090. The summed E-state index contributed by atoms with van der Waals surface area (Å²) in [5.74, 6) is 0. The van der Waals surface area contributed by atoms with Crippen LogP contribution in [0.3, 0.4) is 0 Å². The fourth-order valence-corrected chi connectivity index (χ4v) is 13.9. The summed E-state index contributed by atoms with van der Waals surface area (Å²) in [7, 11) is 0. The maximum absolute atomic E-state index is 12.1. The second-order valence-corrected chi connectivity index (χ2v) is 31.9. The van der Waals surface area contributed by atoms with E-state index in [2.05, 4.69) is 249 Å². The molecule has 4 atom stereocenters. The summed E-state index contributed by atoms with van der Waals surface area (Å²) in [6, 6.07) is 7.09. The Balaban J connectivity index is 0.000000537. The van der Waals surface area contributed by atoms with Crippen molar-refractivity contribution >= 4 is 42.2 Å². The van der Waals surface area contributed by atoms with E-state index in [9.17, 15) is 33.6 Å². The van der Waals surface area contributed by atoms with Gasteiger partial charge in [-0.05, 0) is 249 Å². The van der Waals surface area contributed by atoms with Gasteiger partial charge in [0.1, 0.15) is 0 Å². The highest BCUT2D eigenvalue weighted by Gasteiger charge is 2.47. The summed E-state index contributed by atoms with van der Waals surface area (Å²) in [6.45, 7) is 81.7. The van der Waals surface area contributed by atoms with Crippen molar-refractivity contribution in [1.29, 1.82) is 0 Å². The lowest BCUT2D eigenvalue weighted by molar-refractivity contribution is 0.147. The van der Waals surface area contributed by atoms with Crippen LogP contribution >= 0.6 is 0 Å². The van der Waals surface area contributed by atoms with Gasteiger partial charge in [-0.3, -0.25) is 0 Å². The van der Waals surface area contributed by atoms with Crippen LogP contribution < -0.4 is 0 Å². The molecule has 0 spiro atoms. The van der Waals surface area contributed by atoms with Crippen LogP contribution in [0.2, 0.25) is 0 Å². The summed E-state index contributed by atoms with van der Waals surface area (Å²) in [4.78, 5) is 110. The van der Waals surface area contributed by atoms with Gasteiger partial charge in [0, 0.05) is 161 Å². The normalized spacial score (nSPS) is 22.5. The summed E-state index contributed by atoms with van der Waals surface area (Å²) in [5.41, 5.74) is -0.0644. The molecule has 0 aromatic rings. The molecule has 0 bridgehead atoms. The van der Waals surface area contributed by atoms with E-state index in [1.165, 1.54) is 0 Å². The number of nitrogens with zero attached hydrogens (tertiary/aromatic N) is 14. The van der Waals surface area contributed by atoms with Crippen molar-refractivity contribution in [3.05, 3.63) is 0 Å². The Morgan fingerprint density at radius 2 is 0.413 bits per heavy atom. The average molecular weight is 1300 g/mol. The van der Waals surface area contributed by atoms with Crippen molar-refractivity contribution < 1.29 is 33.6 Å². The second-order valence-electron chi connectivity index (χ2n) is 31.9. The molecule has 0 aromatic carbocycles. The number of amides is 14. The van der Waals surface area contributed by atoms with Crippen molar-refractivity contribution in [1.82, 2.24) is 68.6 Å². The summed E-state index contributed by atoms with van der Waals surface area (Å²) in [6.07, 6.45) is 0. The highest BCUT2D eigenvalue weighted by molar-refractivity contribution is 5.81. The van der Waals surface area contributed by atoms with Gasteiger partial charge < -0.3 is 68.6 Å². The molecule has 7 saturated heterocycles. The van der Waals surface area contributed by atoms with E-state index in [1.807, 2.05) is 68.6 Å². The SMILES string of the molecule is CC(C)N1CC(C)(C)N(C(C)C)C1=O.CC(C)N1CC(C)(C)N(C(C)C)C1=O.CC(C)N1CCN(C(C)C)C1=O.CC(C)N1C[C@@H](C)N(C(C)C)C1=O.CC(C)N1C[C@@H](C)N(C(C)C)C1=O.CC(C)N1C[C@H](C)N(C(C)C)C1=O.CC(C)N1C[C@H](C)N(C(C)C)C1=O. The summed E-state index contributed by atoms with van der Waals surface area (Å²) >= 11 is 0. The fourth-order valence-electron chi connectivity index (χ4n) is 13.9. The summed E-state index contributed by atoms with van der Waals surface area (Å²) in [5, 5.41) is 0. The molecule has 21 nitrogen and oxygen atoms in total. The largest absolute Gasteiger partial charge is 0.321 e. The standard InChI is InChI=1S/2C11H22N2O.4C10H20N2O.C9H18N2O/c2*1-8(2)12-7-11(5,6)13(9(3)4)10(12)14;4*1-7(2)11-6-9(5)12(8(3)4)10(11)13;1-7(2)10-5-6-11(8(3)4)9(10)12/h2*8-9H,7H2,1-6H3;4*7-9H,6H2,1-5H3;7-8H,5-6H2,1-4H3/t;;4*9-;/m..1100./s1. The number of hydrogen-bond acceptors (Lipinski definition) is 7. The number of hydrogen-bond donors (Lipinski definition) is 0. The Kier molecular flexibility index (Phi) is 32.8. The van der Waals surface area contributed by atoms with Gasteiger partial charge in [0.25, 0.3) is 0 Å². The molecule has 0 N–H and O–H groups in total. The van der Waals surface area contributed by atoms with Crippen LogP contribution in [0, 0.1) is 0 Å². The van der Waals surface area contributed by atoms with Gasteiger partial charge in [0.15, 0.2) is 0 Å². The first-order valence-corrected chi connectivity index (χ1v) is 35.5. The third kappa shape index (κ3) is 21.7. The smallest absolute Gasteiger partial charge is 0.320 e. The zero-order valence-electron chi connectivity index (χ0n) is 65.7. The van der Waals surface area contributed by atoms with Crippen molar-refractivity contribution in [3.63, 3.8) is 0 Å². The summed E-state index contributed by atoms with van der Waals surface area (Å²) < 4.78 is 0. The lowest BCUT2D eigenvalue weighted by Gasteiger charge is -2.33. The Morgan fingerprint density at radius 3 is 0.500 bits per heavy atom. The lowest BCUT2D eigenvalue weighted by Crippen LogP contribution is -2.46. The van der Waals surface area contributed by atoms with E-state index >= 15 is 0 Å². The number of carbonyl (C=O) groups excluding carboxylic acids is 7. The van der Waals surface area contributed by atoms with Gasteiger partial charge in [-0.25, -0.2) is 33.6 Å². The minimum atomic E-state index is -0.0322. The maximum atomic E-state index is 12.1. The van der Waals surface area contributed by atoms with Crippen LogP contribution in [-0.2, 0) is 0 Å². The third-order valence-corrected chi connectivity index (χ3v) is 18.3. The lowest BCUT2D eigenvalue weighted by atomic mass is 10.0. The van der Waals surface area contributed by atoms with E-state index in [4.69, 9.17) is 0 Å².